The largest absolute Gasteiger partial charge is 0.311 e. The molecule has 100 valence electrons. The van der Waals surface area contributed by atoms with Gasteiger partial charge in [-0.05, 0) is 52.1 Å². The monoisotopic (exact) mass is 265 g/mol. The van der Waals surface area contributed by atoms with Crippen LogP contribution >= 0.6 is 11.3 Å². The number of nitrogens with zero attached hydrogens (tertiary/aromatic N) is 2. The molecule has 1 aromatic rings. The number of likely N-dealkylation sites (tertiary alicyclic amines) is 1. The van der Waals surface area contributed by atoms with Gasteiger partial charge in [-0.1, -0.05) is 0 Å². The molecule has 3 rings (SSSR count). The standard InChI is InChI=1S/C14H23N3S/c1-10-14(18-11(2)16-10)8-15-7-12-5-6-17(9-12)13-3-4-13/h12-13,15H,3-9H2,1-2H3. The van der Waals surface area contributed by atoms with Gasteiger partial charge in [-0.25, -0.2) is 4.98 Å². The van der Waals surface area contributed by atoms with Gasteiger partial charge in [0.15, 0.2) is 0 Å². The third-order valence-corrected chi connectivity index (χ3v) is 5.17. The van der Waals surface area contributed by atoms with Crippen molar-refractivity contribution in [1.82, 2.24) is 15.2 Å². The lowest BCUT2D eigenvalue weighted by atomic mass is 10.1. The fourth-order valence-electron chi connectivity index (χ4n) is 2.93. The van der Waals surface area contributed by atoms with Gasteiger partial charge < -0.3 is 10.2 Å². The van der Waals surface area contributed by atoms with Crippen LogP contribution in [0.25, 0.3) is 0 Å². The fraction of sp³-hybridized carbons (Fsp3) is 0.786. The number of hydrogen-bond acceptors (Lipinski definition) is 4. The number of aryl methyl sites for hydroxylation is 2. The Morgan fingerprint density at radius 3 is 2.83 bits per heavy atom. The van der Waals surface area contributed by atoms with Crippen molar-refractivity contribution in [3.05, 3.63) is 15.6 Å². The molecule has 1 unspecified atom stereocenters. The van der Waals surface area contributed by atoms with Gasteiger partial charge in [-0.2, -0.15) is 0 Å². The number of hydrogen-bond donors (Lipinski definition) is 1. The normalized spacial score (nSPS) is 24.9. The van der Waals surface area contributed by atoms with Crippen LogP contribution in [0, 0.1) is 19.8 Å². The summed E-state index contributed by atoms with van der Waals surface area (Å²) in [5.74, 6) is 0.861. The molecule has 1 aromatic heterocycles. The predicted octanol–water partition coefficient (Wildman–Crippen LogP) is 2.33. The van der Waals surface area contributed by atoms with E-state index in [4.69, 9.17) is 0 Å². The zero-order valence-electron chi connectivity index (χ0n) is 11.4. The van der Waals surface area contributed by atoms with Crippen molar-refractivity contribution in [3.8, 4) is 0 Å². The van der Waals surface area contributed by atoms with E-state index >= 15 is 0 Å². The zero-order chi connectivity index (χ0) is 12.5. The fourth-order valence-corrected chi connectivity index (χ4v) is 3.83. The molecule has 0 radical (unpaired) electrons. The molecule has 3 nitrogen and oxygen atoms in total. The number of nitrogens with one attached hydrogen (secondary N) is 1. The first-order chi connectivity index (χ1) is 8.72. The lowest BCUT2D eigenvalue weighted by Crippen LogP contribution is -2.27. The van der Waals surface area contributed by atoms with E-state index in [0.29, 0.717) is 0 Å². The molecule has 1 N–H and O–H groups in total. The summed E-state index contributed by atoms with van der Waals surface area (Å²) >= 11 is 1.83. The van der Waals surface area contributed by atoms with Crippen LogP contribution in [0.2, 0.25) is 0 Å². The minimum atomic E-state index is 0.861. The van der Waals surface area contributed by atoms with Crippen LogP contribution in [0.4, 0.5) is 0 Å². The second-order valence-electron chi connectivity index (χ2n) is 5.75. The van der Waals surface area contributed by atoms with Gasteiger partial charge in [-0.3, -0.25) is 0 Å². The second kappa shape index (κ2) is 5.27. The van der Waals surface area contributed by atoms with Crippen molar-refractivity contribution in [2.45, 2.75) is 45.7 Å². The van der Waals surface area contributed by atoms with E-state index in [2.05, 4.69) is 29.0 Å². The van der Waals surface area contributed by atoms with Crippen molar-refractivity contribution in [1.29, 1.82) is 0 Å². The summed E-state index contributed by atoms with van der Waals surface area (Å²) in [6.07, 6.45) is 4.27. The van der Waals surface area contributed by atoms with Gasteiger partial charge in [0.05, 0.1) is 10.7 Å². The Kier molecular flexibility index (Phi) is 3.68. The van der Waals surface area contributed by atoms with Gasteiger partial charge >= 0.3 is 0 Å². The average Bonchev–Trinajstić information content (AvgIpc) is 2.99. The molecule has 2 heterocycles. The highest BCUT2D eigenvalue weighted by molar-refractivity contribution is 7.11. The minimum absolute atomic E-state index is 0.861. The highest BCUT2D eigenvalue weighted by Gasteiger charge is 2.33. The predicted molar refractivity (Wildman–Crippen MR) is 76.0 cm³/mol. The SMILES string of the molecule is Cc1nc(C)c(CNCC2CCN(C3CC3)C2)s1. The Morgan fingerprint density at radius 1 is 1.33 bits per heavy atom. The number of rotatable bonds is 5. The molecule has 0 amide bonds. The molecule has 0 aromatic carbocycles. The topological polar surface area (TPSA) is 28.2 Å². The molecule has 1 aliphatic carbocycles. The van der Waals surface area contributed by atoms with Gasteiger partial charge in [0.1, 0.15) is 0 Å². The number of aromatic nitrogens is 1. The summed E-state index contributed by atoms with van der Waals surface area (Å²) < 4.78 is 0. The van der Waals surface area contributed by atoms with Crippen LogP contribution < -0.4 is 5.32 Å². The number of thiazole rings is 1. The minimum Gasteiger partial charge on any atom is -0.311 e. The maximum Gasteiger partial charge on any atom is 0.0900 e. The van der Waals surface area contributed by atoms with Crippen molar-refractivity contribution >= 4 is 11.3 Å². The Morgan fingerprint density at radius 2 is 2.17 bits per heavy atom. The van der Waals surface area contributed by atoms with E-state index < -0.39 is 0 Å². The Balaban J connectivity index is 1.41. The summed E-state index contributed by atoms with van der Waals surface area (Å²) in [6.45, 7) is 9.02. The van der Waals surface area contributed by atoms with Crippen molar-refractivity contribution in [3.63, 3.8) is 0 Å². The van der Waals surface area contributed by atoms with Crippen LogP contribution in [-0.2, 0) is 6.54 Å². The Hall–Kier alpha value is -0.450. The van der Waals surface area contributed by atoms with E-state index in [-0.39, 0.29) is 0 Å². The quantitative estimate of drug-likeness (QED) is 0.885. The van der Waals surface area contributed by atoms with Crippen molar-refractivity contribution < 1.29 is 0 Å². The molecule has 18 heavy (non-hydrogen) atoms. The average molecular weight is 265 g/mol. The molecule has 0 bridgehead atoms. The van der Waals surface area contributed by atoms with Crippen molar-refractivity contribution in [2.75, 3.05) is 19.6 Å². The summed E-state index contributed by atoms with van der Waals surface area (Å²) in [6, 6.07) is 0.946. The van der Waals surface area contributed by atoms with Gasteiger partial charge in [0.2, 0.25) is 0 Å². The Labute approximate surface area is 114 Å². The van der Waals surface area contributed by atoms with E-state index in [1.54, 1.807) is 0 Å². The zero-order valence-corrected chi connectivity index (χ0v) is 12.2. The molecule has 2 aliphatic rings. The molecule has 1 atom stereocenters. The Bertz CT molecular complexity index is 411. The first kappa shape index (κ1) is 12.6. The maximum absolute atomic E-state index is 4.48. The lowest BCUT2D eigenvalue weighted by Gasteiger charge is -2.15. The molecule has 2 fully saturated rings. The second-order valence-corrected chi connectivity index (χ2v) is 7.04. The third-order valence-electron chi connectivity index (χ3n) is 4.10. The molecular weight excluding hydrogens is 242 g/mol. The van der Waals surface area contributed by atoms with Crippen LogP contribution in [-0.4, -0.2) is 35.6 Å². The maximum atomic E-state index is 4.48. The van der Waals surface area contributed by atoms with E-state index in [0.717, 1.165) is 18.5 Å². The molecule has 1 aliphatic heterocycles. The van der Waals surface area contributed by atoms with Gasteiger partial charge in [0, 0.05) is 24.0 Å². The van der Waals surface area contributed by atoms with E-state index in [1.165, 1.54) is 54.5 Å². The van der Waals surface area contributed by atoms with Crippen LogP contribution in [0.1, 0.15) is 34.8 Å². The molecule has 1 saturated heterocycles. The summed E-state index contributed by atoms with van der Waals surface area (Å²) in [4.78, 5) is 8.57. The highest BCUT2D eigenvalue weighted by Crippen LogP contribution is 2.31. The van der Waals surface area contributed by atoms with Gasteiger partial charge in [0.25, 0.3) is 0 Å². The summed E-state index contributed by atoms with van der Waals surface area (Å²) in [7, 11) is 0. The van der Waals surface area contributed by atoms with Crippen LogP contribution in [0.3, 0.4) is 0 Å². The van der Waals surface area contributed by atoms with Crippen LogP contribution in [0.15, 0.2) is 0 Å². The molecular formula is C14H23N3S. The molecule has 4 heteroatoms. The lowest BCUT2D eigenvalue weighted by molar-refractivity contribution is 0.312. The molecule has 0 spiro atoms. The molecule has 1 saturated carbocycles. The third kappa shape index (κ3) is 2.92. The summed E-state index contributed by atoms with van der Waals surface area (Å²) in [5.41, 5.74) is 1.20. The highest BCUT2D eigenvalue weighted by atomic mass is 32.1. The van der Waals surface area contributed by atoms with Gasteiger partial charge in [-0.15, -0.1) is 11.3 Å². The first-order valence-electron chi connectivity index (χ1n) is 7.10. The first-order valence-corrected chi connectivity index (χ1v) is 7.91. The summed E-state index contributed by atoms with van der Waals surface area (Å²) in [5, 5.41) is 4.81. The van der Waals surface area contributed by atoms with E-state index in [9.17, 15) is 0 Å². The van der Waals surface area contributed by atoms with Crippen molar-refractivity contribution in [2.24, 2.45) is 5.92 Å². The van der Waals surface area contributed by atoms with E-state index in [1.807, 2.05) is 11.3 Å². The smallest absolute Gasteiger partial charge is 0.0900 e. The van der Waals surface area contributed by atoms with Crippen LogP contribution in [0.5, 0.6) is 0 Å².